The largest absolute Gasteiger partial charge is 0.345 e. The third-order valence-electron chi connectivity index (χ3n) is 4.75. The molecule has 0 N–H and O–H groups in total. The fourth-order valence-corrected chi connectivity index (χ4v) is 4.30. The molecule has 0 saturated heterocycles. The van der Waals surface area contributed by atoms with E-state index in [0.717, 1.165) is 39.7 Å². The van der Waals surface area contributed by atoms with Crippen LogP contribution >= 0.6 is 34.2 Å². The van der Waals surface area contributed by atoms with Gasteiger partial charge in [0.05, 0.1) is 18.9 Å². The molecule has 2 aromatic carbocycles. The summed E-state index contributed by atoms with van der Waals surface area (Å²) in [5, 5.41) is 0.434. The number of rotatable bonds is 3. The molecule has 7 heteroatoms. The van der Waals surface area contributed by atoms with Gasteiger partial charge in [-0.25, -0.2) is 9.37 Å². The van der Waals surface area contributed by atoms with Gasteiger partial charge in [-0.1, -0.05) is 29.8 Å². The van der Waals surface area contributed by atoms with Gasteiger partial charge in [-0.15, -0.1) is 0 Å². The van der Waals surface area contributed by atoms with Crippen LogP contribution in [0.15, 0.2) is 42.5 Å². The van der Waals surface area contributed by atoms with Crippen molar-refractivity contribution in [1.82, 2.24) is 14.5 Å². The Balaban J connectivity index is 1.90. The first-order valence-corrected chi connectivity index (χ1v) is 10.1. The number of halogens is 3. The van der Waals surface area contributed by atoms with Gasteiger partial charge < -0.3 is 9.47 Å². The minimum Gasteiger partial charge on any atom is -0.345 e. The van der Waals surface area contributed by atoms with Gasteiger partial charge in [0.25, 0.3) is 0 Å². The second-order valence-corrected chi connectivity index (χ2v) is 8.51. The van der Waals surface area contributed by atoms with Crippen molar-refractivity contribution >= 4 is 40.0 Å². The maximum absolute atomic E-state index is 14.5. The van der Waals surface area contributed by atoms with Crippen LogP contribution in [0, 0.1) is 9.39 Å². The first-order valence-electron chi connectivity index (χ1n) is 8.62. The highest BCUT2D eigenvalue weighted by Gasteiger charge is 2.27. The Kier molecular flexibility index (Phi) is 5.13. The molecule has 4 nitrogen and oxygen atoms in total. The highest BCUT2D eigenvalue weighted by molar-refractivity contribution is 14.1. The van der Waals surface area contributed by atoms with Gasteiger partial charge >= 0.3 is 0 Å². The molecule has 2 heterocycles. The highest BCUT2D eigenvalue weighted by Crippen LogP contribution is 2.33. The van der Waals surface area contributed by atoms with Crippen LogP contribution in [-0.2, 0) is 13.1 Å². The summed E-state index contributed by atoms with van der Waals surface area (Å²) in [6.07, 6.45) is 0. The number of benzene rings is 2. The van der Waals surface area contributed by atoms with Crippen LogP contribution in [-0.4, -0.2) is 35.2 Å². The summed E-state index contributed by atoms with van der Waals surface area (Å²) in [6.45, 7) is 1.90. The summed E-state index contributed by atoms with van der Waals surface area (Å²) in [6, 6.07) is 13.0. The van der Waals surface area contributed by atoms with Crippen molar-refractivity contribution in [2.24, 2.45) is 0 Å². The Hall–Kier alpha value is -1.64. The summed E-state index contributed by atoms with van der Waals surface area (Å²) in [5.41, 5.74) is 2.57. The number of aromatic nitrogens is 2. The summed E-state index contributed by atoms with van der Waals surface area (Å²) < 4.78 is 17.7. The van der Waals surface area contributed by atoms with Crippen molar-refractivity contribution < 1.29 is 4.39 Å². The standard InChI is InChI=1S/C20H19ClFIN4/c1-25-11-18-20(26(2)12-25)24-19(13-5-3-6-14(23)9-13)27(18)10-15-16(21)7-4-8-17(15)22/h3-9H,10-12H2,1-2H3. The van der Waals surface area contributed by atoms with E-state index in [-0.39, 0.29) is 5.82 Å². The number of imidazole rings is 1. The molecule has 0 atom stereocenters. The molecular formula is C20H19ClFIN4. The van der Waals surface area contributed by atoms with Crippen LogP contribution < -0.4 is 4.90 Å². The lowest BCUT2D eigenvalue weighted by Gasteiger charge is -2.31. The molecule has 0 saturated carbocycles. The minimum atomic E-state index is -0.295. The van der Waals surface area contributed by atoms with Crippen LogP contribution in [0.1, 0.15) is 11.3 Å². The smallest absolute Gasteiger partial charge is 0.152 e. The first-order chi connectivity index (χ1) is 12.9. The zero-order chi connectivity index (χ0) is 19.1. The zero-order valence-electron chi connectivity index (χ0n) is 15.1. The number of nitrogens with zero attached hydrogens (tertiary/aromatic N) is 4. The van der Waals surface area contributed by atoms with E-state index in [2.05, 4.69) is 50.1 Å². The average Bonchev–Trinajstić information content (AvgIpc) is 2.97. The zero-order valence-corrected chi connectivity index (χ0v) is 18.0. The second kappa shape index (κ2) is 7.41. The molecule has 0 aliphatic carbocycles. The quantitative estimate of drug-likeness (QED) is 0.485. The maximum Gasteiger partial charge on any atom is 0.152 e. The van der Waals surface area contributed by atoms with Crippen molar-refractivity contribution in [3.05, 3.63) is 68.1 Å². The van der Waals surface area contributed by atoms with Crippen molar-refractivity contribution in [1.29, 1.82) is 0 Å². The Morgan fingerprint density at radius 2 is 1.96 bits per heavy atom. The predicted molar refractivity (Wildman–Crippen MR) is 116 cm³/mol. The molecule has 3 aromatic rings. The molecule has 1 aromatic heterocycles. The molecule has 0 radical (unpaired) electrons. The minimum absolute atomic E-state index is 0.295. The van der Waals surface area contributed by atoms with E-state index in [4.69, 9.17) is 16.6 Å². The third kappa shape index (κ3) is 3.58. The van der Waals surface area contributed by atoms with E-state index >= 15 is 0 Å². The van der Waals surface area contributed by atoms with Gasteiger partial charge in [-0.05, 0) is 53.9 Å². The molecule has 0 amide bonds. The monoisotopic (exact) mass is 496 g/mol. The van der Waals surface area contributed by atoms with Gasteiger partial charge in [-0.2, -0.15) is 0 Å². The molecule has 0 fully saturated rings. The van der Waals surface area contributed by atoms with Crippen LogP contribution in [0.25, 0.3) is 11.4 Å². The molecule has 140 valence electrons. The molecule has 0 unspecified atom stereocenters. The normalized spacial score (nSPS) is 14.5. The lowest BCUT2D eigenvalue weighted by atomic mass is 10.1. The molecular weight excluding hydrogens is 478 g/mol. The van der Waals surface area contributed by atoms with E-state index in [1.165, 1.54) is 6.07 Å². The lowest BCUT2D eigenvalue weighted by molar-refractivity contribution is 0.306. The fraction of sp³-hybridized carbons (Fsp3) is 0.250. The third-order valence-corrected chi connectivity index (χ3v) is 5.77. The second-order valence-electron chi connectivity index (χ2n) is 6.86. The molecule has 0 bridgehead atoms. The summed E-state index contributed by atoms with van der Waals surface area (Å²) in [4.78, 5) is 9.26. The van der Waals surface area contributed by atoms with Crippen LogP contribution in [0.4, 0.5) is 10.2 Å². The van der Waals surface area contributed by atoms with E-state index < -0.39 is 0 Å². The SMILES string of the molecule is CN1Cc2c(nc(-c3cccc(I)c3)n2Cc2c(F)cccc2Cl)N(C)C1. The van der Waals surface area contributed by atoms with E-state index in [1.54, 1.807) is 12.1 Å². The Morgan fingerprint density at radius 3 is 2.70 bits per heavy atom. The topological polar surface area (TPSA) is 24.3 Å². The van der Waals surface area contributed by atoms with Gasteiger partial charge in [0.1, 0.15) is 11.6 Å². The molecule has 1 aliphatic heterocycles. The van der Waals surface area contributed by atoms with E-state index in [9.17, 15) is 4.39 Å². The number of anilines is 1. The Labute approximate surface area is 176 Å². The maximum atomic E-state index is 14.5. The Bertz CT molecular complexity index is 983. The van der Waals surface area contributed by atoms with E-state index in [0.29, 0.717) is 17.1 Å². The Morgan fingerprint density at radius 1 is 1.19 bits per heavy atom. The molecule has 27 heavy (non-hydrogen) atoms. The van der Waals surface area contributed by atoms with Crippen LogP contribution in [0.5, 0.6) is 0 Å². The lowest BCUT2D eigenvalue weighted by Crippen LogP contribution is -2.38. The highest BCUT2D eigenvalue weighted by atomic mass is 127. The summed E-state index contributed by atoms with van der Waals surface area (Å²) in [5.74, 6) is 1.48. The molecule has 4 rings (SSSR count). The number of hydrogen-bond acceptors (Lipinski definition) is 3. The van der Waals surface area contributed by atoms with Crippen molar-refractivity contribution in [2.45, 2.75) is 13.1 Å². The van der Waals surface area contributed by atoms with Crippen molar-refractivity contribution in [3.63, 3.8) is 0 Å². The van der Waals surface area contributed by atoms with Gasteiger partial charge in [0.2, 0.25) is 0 Å². The van der Waals surface area contributed by atoms with Gasteiger partial charge in [0.15, 0.2) is 5.82 Å². The number of hydrogen-bond donors (Lipinski definition) is 0. The van der Waals surface area contributed by atoms with Gasteiger partial charge in [0, 0.05) is 33.3 Å². The van der Waals surface area contributed by atoms with E-state index in [1.807, 2.05) is 25.2 Å². The van der Waals surface area contributed by atoms with Crippen LogP contribution in [0.2, 0.25) is 5.02 Å². The van der Waals surface area contributed by atoms with Gasteiger partial charge in [-0.3, -0.25) is 4.90 Å². The fourth-order valence-electron chi connectivity index (χ4n) is 3.53. The molecule has 0 spiro atoms. The predicted octanol–water partition coefficient (Wildman–Crippen LogP) is 4.83. The van der Waals surface area contributed by atoms with Crippen molar-refractivity contribution in [2.75, 3.05) is 25.7 Å². The average molecular weight is 497 g/mol. The first kappa shape index (κ1) is 18.7. The van der Waals surface area contributed by atoms with Crippen LogP contribution in [0.3, 0.4) is 0 Å². The number of fused-ring (bicyclic) bond motifs is 1. The summed E-state index contributed by atoms with van der Waals surface area (Å²) >= 11 is 8.61. The van der Waals surface area contributed by atoms with Crippen molar-refractivity contribution in [3.8, 4) is 11.4 Å². The summed E-state index contributed by atoms with van der Waals surface area (Å²) in [7, 11) is 4.10. The molecule has 1 aliphatic rings.